The molecule has 0 unspecified atom stereocenters. The molecule has 0 aliphatic rings. The summed E-state index contributed by atoms with van der Waals surface area (Å²) in [7, 11) is 0. The van der Waals surface area contributed by atoms with E-state index in [4.69, 9.17) is 5.11 Å². The number of nitro benzene ring substituents is 1. The minimum absolute atomic E-state index is 0.104. The first-order chi connectivity index (χ1) is 15.7. The summed E-state index contributed by atoms with van der Waals surface area (Å²) in [4.78, 5) is 47.7. The molecule has 33 heavy (non-hydrogen) atoms. The van der Waals surface area contributed by atoms with Crippen LogP contribution in [0.2, 0.25) is 0 Å². The Labute approximate surface area is 189 Å². The summed E-state index contributed by atoms with van der Waals surface area (Å²) in [6.45, 7) is 1.45. The predicted octanol–water partition coefficient (Wildman–Crippen LogP) is 1.08. The first kappa shape index (κ1) is 25.4. The van der Waals surface area contributed by atoms with E-state index in [1.807, 2.05) is 6.07 Å². The molecule has 0 aliphatic carbocycles. The average molecular weight is 460 g/mol. The standard InChI is InChI=1S/C22H25FN4O6/c1-14(25-21(30)17-13-16(27(32)33)8-9-18(17)23)20(29)26-19(22(31)24-10-5-11-28)12-15-6-3-2-4-7-15/h2-4,6-9,13-14,19,28H,5,10-12H2,1H3,(H,24,31)(H,25,30)(H,26,29)/t14-,19-/m0/s1. The lowest BCUT2D eigenvalue weighted by Gasteiger charge is -2.21. The van der Waals surface area contributed by atoms with E-state index in [1.165, 1.54) is 6.92 Å². The number of amides is 3. The molecule has 0 aliphatic heterocycles. The third-order valence-electron chi connectivity index (χ3n) is 4.70. The van der Waals surface area contributed by atoms with Crippen molar-refractivity contribution in [1.82, 2.24) is 16.0 Å². The molecule has 0 fully saturated rings. The minimum Gasteiger partial charge on any atom is -0.396 e. The summed E-state index contributed by atoms with van der Waals surface area (Å²) < 4.78 is 14.0. The number of aliphatic hydroxyl groups is 1. The number of aliphatic hydroxyl groups excluding tert-OH is 1. The van der Waals surface area contributed by atoms with Crippen LogP contribution in [-0.4, -0.2) is 53.0 Å². The molecule has 2 aromatic rings. The van der Waals surface area contributed by atoms with E-state index in [1.54, 1.807) is 24.3 Å². The number of carbonyl (C=O) groups is 3. The highest BCUT2D eigenvalue weighted by molar-refractivity contribution is 5.98. The number of hydrogen-bond acceptors (Lipinski definition) is 6. The lowest BCUT2D eigenvalue weighted by molar-refractivity contribution is -0.384. The number of nitrogens with zero attached hydrogens (tertiary/aromatic N) is 1. The molecule has 0 spiro atoms. The Hall–Kier alpha value is -3.86. The van der Waals surface area contributed by atoms with Gasteiger partial charge in [0.2, 0.25) is 11.8 Å². The van der Waals surface area contributed by atoms with Gasteiger partial charge in [-0.05, 0) is 25.0 Å². The van der Waals surface area contributed by atoms with Crippen molar-refractivity contribution in [2.45, 2.75) is 31.8 Å². The second-order valence-electron chi connectivity index (χ2n) is 7.24. The molecule has 0 radical (unpaired) electrons. The molecule has 0 heterocycles. The van der Waals surface area contributed by atoms with Crippen LogP contribution in [0.3, 0.4) is 0 Å². The smallest absolute Gasteiger partial charge is 0.270 e. The van der Waals surface area contributed by atoms with Gasteiger partial charge in [0.05, 0.1) is 10.5 Å². The zero-order chi connectivity index (χ0) is 24.4. The van der Waals surface area contributed by atoms with Gasteiger partial charge >= 0.3 is 0 Å². The van der Waals surface area contributed by atoms with Gasteiger partial charge in [-0.1, -0.05) is 30.3 Å². The van der Waals surface area contributed by atoms with Gasteiger partial charge in [-0.2, -0.15) is 0 Å². The minimum atomic E-state index is -1.17. The SMILES string of the molecule is C[C@H](NC(=O)c1cc([N+](=O)[O-])ccc1F)C(=O)N[C@@H](Cc1ccccc1)C(=O)NCCCO. The van der Waals surface area contributed by atoms with E-state index in [-0.39, 0.29) is 19.6 Å². The van der Waals surface area contributed by atoms with Crippen LogP contribution in [-0.2, 0) is 16.0 Å². The molecule has 10 nitrogen and oxygen atoms in total. The van der Waals surface area contributed by atoms with Crippen LogP contribution in [0.15, 0.2) is 48.5 Å². The Balaban J connectivity index is 2.09. The molecule has 2 rings (SSSR count). The summed E-state index contributed by atoms with van der Waals surface area (Å²) in [5.41, 5.74) is -0.261. The largest absolute Gasteiger partial charge is 0.396 e. The fourth-order valence-electron chi connectivity index (χ4n) is 2.91. The number of nitro groups is 1. The number of nitrogens with one attached hydrogen (secondary N) is 3. The van der Waals surface area contributed by atoms with E-state index in [2.05, 4.69) is 16.0 Å². The molecule has 2 aromatic carbocycles. The molecule has 3 amide bonds. The van der Waals surface area contributed by atoms with Gasteiger partial charge in [0, 0.05) is 31.7 Å². The van der Waals surface area contributed by atoms with Crippen molar-refractivity contribution in [2.75, 3.05) is 13.2 Å². The third kappa shape index (κ3) is 7.65. The zero-order valence-electron chi connectivity index (χ0n) is 17.9. The lowest BCUT2D eigenvalue weighted by Crippen LogP contribution is -2.53. The van der Waals surface area contributed by atoms with E-state index >= 15 is 0 Å². The van der Waals surface area contributed by atoms with Crippen LogP contribution < -0.4 is 16.0 Å². The van der Waals surface area contributed by atoms with Crippen molar-refractivity contribution in [1.29, 1.82) is 0 Å². The van der Waals surface area contributed by atoms with Gasteiger partial charge in [0.1, 0.15) is 17.9 Å². The van der Waals surface area contributed by atoms with Gasteiger partial charge in [-0.3, -0.25) is 24.5 Å². The number of rotatable bonds is 11. The van der Waals surface area contributed by atoms with Gasteiger partial charge in [-0.15, -0.1) is 0 Å². The molecule has 0 bridgehead atoms. The maximum atomic E-state index is 14.0. The highest BCUT2D eigenvalue weighted by Crippen LogP contribution is 2.17. The van der Waals surface area contributed by atoms with Crippen molar-refractivity contribution < 1.29 is 28.8 Å². The molecule has 0 aromatic heterocycles. The molecule has 2 atom stereocenters. The van der Waals surface area contributed by atoms with Crippen molar-refractivity contribution in [3.8, 4) is 0 Å². The van der Waals surface area contributed by atoms with Crippen LogP contribution in [0, 0.1) is 15.9 Å². The Morgan fingerprint density at radius 3 is 2.42 bits per heavy atom. The highest BCUT2D eigenvalue weighted by atomic mass is 19.1. The van der Waals surface area contributed by atoms with E-state index < -0.39 is 51.8 Å². The van der Waals surface area contributed by atoms with Crippen LogP contribution in [0.1, 0.15) is 29.3 Å². The third-order valence-corrected chi connectivity index (χ3v) is 4.70. The molecule has 0 saturated heterocycles. The van der Waals surface area contributed by atoms with Gasteiger partial charge < -0.3 is 21.1 Å². The second kappa shape index (κ2) is 12.2. The van der Waals surface area contributed by atoms with Crippen molar-refractivity contribution in [3.63, 3.8) is 0 Å². The first-order valence-corrected chi connectivity index (χ1v) is 10.2. The predicted molar refractivity (Wildman–Crippen MR) is 117 cm³/mol. The molecule has 176 valence electrons. The quantitative estimate of drug-likeness (QED) is 0.224. The Kier molecular flexibility index (Phi) is 9.43. The first-order valence-electron chi connectivity index (χ1n) is 10.2. The molecule has 11 heteroatoms. The molecular formula is C22H25FN4O6. The van der Waals surface area contributed by atoms with Crippen molar-refractivity contribution >= 4 is 23.4 Å². The molecule has 0 saturated carbocycles. The molecular weight excluding hydrogens is 435 g/mol. The van der Waals surface area contributed by atoms with E-state index in [0.29, 0.717) is 6.42 Å². The second-order valence-corrected chi connectivity index (χ2v) is 7.24. The van der Waals surface area contributed by atoms with Gasteiger partial charge in [0.15, 0.2) is 0 Å². The number of benzene rings is 2. The Bertz CT molecular complexity index is 1000. The fraction of sp³-hybridized carbons (Fsp3) is 0.318. The van der Waals surface area contributed by atoms with Crippen LogP contribution in [0.25, 0.3) is 0 Å². The monoisotopic (exact) mass is 460 g/mol. The van der Waals surface area contributed by atoms with Crippen LogP contribution in [0.5, 0.6) is 0 Å². The normalized spacial score (nSPS) is 12.3. The number of non-ortho nitro benzene ring substituents is 1. The van der Waals surface area contributed by atoms with Crippen molar-refractivity contribution in [2.24, 2.45) is 0 Å². The number of hydrogen-bond donors (Lipinski definition) is 4. The summed E-state index contributed by atoms with van der Waals surface area (Å²) in [5.74, 6) is -3.15. The molecule has 4 N–H and O–H groups in total. The lowest BCUT2D eigenvalue weighted by atomic mass is 10.0. The summed E-state index contributed by atoms with van der Waals surface area (Å²) in [6.07, 6.45) is 0.524. The average Bonchev–Trinajstić information content (AvgIpc) is 2.79. The van der Waals surface area contributed by atoms with E-state index in [9.17, 15) is 28.9 Å². The maximum Gasteiger partial charge on any atom is 0.270 e. The van der Waals surface area contributed by atoms with E-state index in [0.717, 1.165) is 23.8 Å². The Morgan fingerprint density at radius 1 is 1.09 bits per heavy atom. The number of halogens is 1. The topological polar surface area (TPSA) is 151 Å². The maximum absolute atomic E-state index is 14.0. The summed E-state index contributed by atoms with van der Waals surface area (Å²) in [6, 6.07) is 9.32. The van der Waals surface area contributed by atoms with Crippen LogP contribution >= 0.6 is 0 Å². The Morgan fingerprint density at radius 2 is 1.79 bits per heavy atom. The van der Waals surface area contributed by atoms with Gasteiger partial charge in [-0.25, -0.2) is 4.39 Å². The number of carbonyl (C=O) groups excluding carboxylic acids is 3. The summed E-state index contributed by atoms with van der Waals surface area (Å²) >= 11 is 0. The highest BCUT2D eigenvalue weighted by Gasteiger charge is 2.26. The summed E-state index contributed by atoms with van der Waals surface area (Å²) in [5, 5.41) is 27.2. The van der Waals surface area contributed by atoms with Crippen LogP contribution in [0.4, 0.5) is 10.1 Å². The van der Waals surface area contributed by atoms with Gasteiger partial charge in [0.25, 0.3) is 11.6 Å². The van der Waals surface area contributed by atoms with Crippen molar-refractivity contribution in [3.05, 3.63) is 75.6 Å². The zero-order valence-corrected chi connectivity index (χ0v) is 17.9. The fourth-order valence-corrected chi connectivity index (χ4v) is 2.91.